The number of carbonyl (C=O) groups is 1. The number of aromatic nitrogens is 4. The van der Waals surface area contributed by atoms with E-state index in [2.05, 4.69) is 25.3 Å². The molecule has 9 heteroatoms. The van der Waals surface area contributed by atoms with E-state index < -0.39 is 5.54 Å². The van der Waals surface area contributed by atoms with Crippen LogP contribution in [0, 0.1) is 0 Å². The first-order chi connectivity index (χ1) is 17.7. The number of imidazole rings is 1. The minimum absolute atomic E-state index is 0.133. The first kappa shape index (κ1) is 24.3. The zero-order valence-electron chi connectivity index (χ0n) is 20.4. The number of amides is 1. The van der Waals surface area contributed by atoms with Gasteiger partial charge in [-0.3, -0.25) is 9.78 Å². The van der Waals surface area contributed by atoms with Gasteiger partial charge in [0, 0.05) is 18.1 Å². The molecule has 0 saturated carbocycles. The molecule has 8 nitrogen and oxygen atoms in total. The second-order valence-electron chi connectivity index (χ2n) is 9.11. The predicted octanol–water partition coefficient (Wildman–Crippen LogP) is 6.21. The average Bonchev–Trinajstić information content (AvgIpc) is 3.24. The molecule has 1 amide bonds. The van der Waals surface area contributed by atoms with Gasteiger partial charge >= 0.3 is 6.01 Å². The van der Waals surface area contributed by atoms with E-state index in [1.54, 1.807) is 36.5 Å². The number of aromatic amines is 1. The lowest BCUT2D eigenvalue weighted by Gasteiger charge is -2.24. The van der Waals surface area contributed by atoms with Crippen LogP contribution in [0.3, 0.4) is 0 Å². The topological polar surface area (TPSA) is 113 Å². The van der Waals surface area contributed by atoms with Gasteiger partial charge in [-0.1, -0.05) is 54.1 Å². The SMILES string of the molecule is CC(=O)NC(C)(C)c1ccc(Oc2nc3nc(-c4ccc(-c5ccccc5O)cc4)c(Cl)cc3[nH]2)cn1. The van der Waals surface area contributed by atoms with Crippen molar-refractivity contribution in [3.8, 4) is 39.9 Å². The van der Waals surface area contributed by atoms with Crippen LogP contribution in [0.5, 0.6) is 17.5 Å². The van der Waals surface area contributed by atoms with E-state index in [0.717, 1.165) is 16.7 Å². The van der Waals surface area contributed by atoms with Crippen molar-refractivity contribution in [1.82, 2.24) is 25.3 Å². The van der Waals surface area contributed by atoms with E-state index in [0.29, 0.717) is 33.3 Å². The Morgan fingerprint density at radius 2 is 1.76 bits per heavy atom. The third kappa shape index (κ3) is 5.10. The Morgan fingerprint density at radius 3 is 2.43 bits per heavy atom. The minimum atomic E-state index is -0.611. The Morgan fingerprint density at radius 1 is 1.03 bits per heavy atom. The van der Waals surface area contributed by atoms with Gasteiger partial charge in [-0.05, 0) is 43.7 Å². The van der Waals surface area contributed by atoms with E-state index in [1.165, 1.54) is 6.92 Å². The molecule has 0 atom stereocenters. The summed E-state index contributed by atoms with van der Waals surface area (Å²) in [7, 11) is 0. The van der Waals surface area contributed by atoms with Crippen molar-refractivity contribution >= 4 is 28.7 Å². The number of phenols is 1. The highest BCUT2D eigenvalue weighted by molar-refractivity contribution is 6.33. The van der Waals surface area contributed by atoms with Gasteiger partial charge in [0.25, 0.3) is 0 Å². The van der Waals surface area contributed by atoms with Crippen LogP contribution in [0.4, 0.5) is 0 Å². The van der Waals surface area contributed by atoms with Crippen molar-refractivity contribution in [2.45, 2.75) is 26.3 Å². The molecule has 3 N–H and O–H groups in total. The summed E-state index contributed by atoms with van der Waals surface area (Å²) in [6.45, 7) is 5.23. The van der Waals surface area contributed by atoms with Crippen LogP contribution in [-0.2, 0) is 10.3 Å². The van der Waals surface area contributed by atoms with Crippen molar-refractivity contribution < 1.29 is 14.6 Å². The molecule has 186 valence electrons. The van der Waals surface area contributed by atoms with Gasteiger partial charge < -0.3 is 20.1 Å². The Bertz CT molecular complexity index is 1600. The van der Waals surface area contributed by atoms with Crippen LogP contribution in [0.25, 0.3) is 33.5 Å². The molecule has 3 aromatic heterocycles. The Balaban J connectivity index is 1.38. The third-order valence-corrected chi connectivity index (χ3v) is 6.15. The summed E-state index contributed by atoms with van der Waals surface area (Å²) in [5.41, 5.74) is 4.21. The van der Waals surface area contributed by atoms with Crippen molar-refractivity contribution in [1.29, 1.82) is 0 Å². The van der Waals surface area contributed by atoms with Gasteiger partial charge in [0.15, 0.2) is 5.65 Å². The highest BCUT2D eigenvalue weighted by Gasteiger charge is 2.23. The van der Waals surface area contributed by atoms with Gasteiger partial charge in [-0.15, -0.1) is 0 Å². The summed E-state index contributed by atoms with van der Waals surface area (Å²) in [6, 6.07) is 20.4. The molecule has 5 rings (SSSR count). The van der Waals surface area contributed by atoms with Crippen LogP contribution in [0.2, 0.25) is 5.02 Å². The van der Waals surface area contributed by atoms with E-state index >= 15 is 0 Å². The van der Waals surface area contributed by atoms with Crippen molar-refractivity contribution in [3.63, 3.8) is 0 Å². The van der Waals surface area contributed by atoms with Gasteiger partial charge in [-0.2, -0.15) is 4.98 Å². The number of rotatable bonds is 6. The highest BCUT2D eigenvalue weighted by atomic mass is 35.5. The van der Waals surface area contributed by atoms with E-state index in [-0.39, 0.29) is 17.7 Å². The van der Waals surface area contributed by atoms with Gasteiger partial charge in [0.05, 0.1) is 33.7 Å². The summed E-state index contributed by atoms with van der Waals surface area (Å²) in [4.78, 5) is 28.0. The molecule has 0 aliphatic heterocycles. The number of nitrogens with zero attached hydrogens (tertiary/aromatic N) is 3. The molecule has 0 aliphatic rings. The molecule has 0 radical (unpaired) electrons. The van der Waals surface area contributed by atoms with Crippen LogP contribution in [0.15, 0.2) is 72.9 Å². The normalized spacial score (nSPS) is 11.5. The number of carbonyl (C=O) groups excluding carboxylic acids is 1. The lowest BCUT2D eigenvalue weighted by molar-refractivity contribution is -0.120. The molecule has 0 fully saturated rings. The minimum Gasteiger partial charge on any atom is -0.507 e. The number of ether oxygens (including phenoxy) is 1. The molecule has 2 aromatic carbocycles. The smallest absolute Gasteiger partial charge is 0.301 e. The maximum Gasteiger partial charge on any atom is 0.301 e. The maximum atomic E-state index is 11.5. The summed E-state index contributed by atoms with van der Waals surface area (Å²) in [6.07, 6.45) is 1.57. The first-order valence-corrected chi connectivity index (χ1v) is 12.0. The number of benzene rings is 2. The highest BCUT2D eigenvalue weighted by Crippen LogP contribution is 2.33. The standard InChI is InChI=1S/C28H24ClN5O3/c1-16(35)34-28(2,3)24-13-12-19(15-30-24)37-27-31-22-14-21(29)25(32-26(22)33-27)18-10-8-17(9-11-18)20-6-4-5-7-23(20)36/h4-15,36H,1-3H3,(H,34,35)(H,31,32,33). The number of H-pyrrole nitrogens is 1. The Hall–Kier alpha value is -4.43. The quantitative estimate of drug-likeness (QED) is 0.249. The molecule has 0 unspecified atom stereocenters. The fourth-order valence-corrected chi connectivity index (χ4v) is 4.36. The average molecular weight is 514 g/mol. The van der Waals surface area contributed by atoms with Gasteiger partial charge in [-0.25, -0.2) is 4.98 Å². The van der Waals surface area contributed by atoms with Crippen LogP contribution in [-0.4, -0.2) is 30.9 Å². The Labute approximate surface area is 218 Å². The molecule has 3 heterocycles. The second kappa shape index (κ2) is 9.55. The number of hydrogen-bond acceptors (Lipinski definition) is 6. The third-order valence-electron chi connectivity index (χ3n) is 5.86. The largest absolute Gasteiger partial charge is 0.507 e. The van der Waals surface area contributed by atoms with Crippen LogP contribution >= 0.6 is 11.6 Å². The fraction of sp³-hybridized carbons (Fsp3) is 0.143. The van der Waals surface area contributed by atoms with E-state index in [4.69, 9.17) is 16.3 Å². The number of fused-ring (bicyclic) bond motifs is 1. The monoisotopic (exact) mass is 513 g/mol. The lowest BCUT2D eigenvalue weighted by atomic mass is 10.00. The van der Waals surface area contributed by atoms with Crippen LogP contribution in [0.1, 0.15) is 26.5 Å². The van der Waals surface area contributed by atoms with Crippen molar-refractivity contribution in [2.75, 3.05) is 0 Å². The lowest BCUT2D eigenvalue weighted by Crippen LogP contribution is -2.40. The molecular weight excluding hydrogens is 490 g/mol. The number of para-hydroxylation sites is 1. The fourth-order valence-electron chi connectivity index (χ4n) is 4.10. The summed E-state index contributed by atoms with van der Waals surface area (Å²) >= 11 is 6.55. The van der Waals surface area contributed by atoms with Crippen molar-refractivity contribution in [2.24, 2.45) is 0 Å². The zero-order valence-corrected chi connectivity index (χ0v) is 21.2. The van der Waals surface area contributed by atoms with Crippen molar-refractivity contribution in [3.05, 3.63) is 83.6 Å². The number of halogens is 1. The van der Waals surface area contributed by atoms with Gasteiger partial charge in [0.1, 0.15) is 11.5 Å². The molecule has 5 aromatic rings. The number of hydrogen-bond donors (Lipinski definition) is 3. The summed E-state index contributed by atoms with van der Waals surface area (Å²) in [5, 5.41) is 13.5. The number of aromatic hydroxyl groups is 1. The van der Waals surface area contributed by atoms with Crippen LogP contribution < -0.4 is 10.1 Å². The summed E-state index contributed by atoms with van der Waals surface area (Å²) < 4.78 is 5.85. The molecule has 0 aliphatic carbocycles. The molecule has 37 heavy (non-hydrogen) atoms. The first-order valence-electron chi connectivity index (χ1n) is 11.6. The van der Waals surface area contributed by atoms with Gasteiger partial charge in [0.2, 0.25) is 5.91 Å². The second-order valence-corrected chi connectivity index (χ2v) is 9.52. The number of nitrogens with one attached hydrogen (secondary N) is 2. The molecule has 0 spiro atoms. The Kier molecular flexibility index (Phi) is 6.27. The maximum absolute atomic E-state index is 11.5. The van der Waals surface area contributed by atoms with E-state index in [9.17, 15) is 9.90 Å². The summed E-state index contributed by atoms with van der Waals surface area (Å²) in [5.74, 6) is 0.567. The molecular formula is C28H24ClN5O3. The molecule has 0 bridgehead atoms. The number of pyridine rings is 2. The molecule has 0 saturated heterocycles. The predicted molar refractivity (Wildman–Crippen MR) is 143 cm³/mol. The zero-order chi connectivity index (χ0) is 26.2. The number of phenolic OH excluding ortho intramolecular Hbond substituents is 1. The van der Waals surface area contributed by atoms with E-state index in [1.807, 2.05) is 50.2 Å².